The Morgan fingerprint density at radius 3 is 1.04 bits per heavy atom. The second-order valence-electron chi connectivity index (χ2n) is 12.7. The second kappa shape index (κ2) is 6.77. The average molecular weight is 379 g/mol. The van der Waals surface area contributed by atoms with Crippen molar-refractivity contribution in [2.24, 2.45) is 31.6 Å². The van der Waals surface area contributed by atoms with E-state index in [2.05, 4.69) is 83.1 Å². The third kappa shape index (κ3) is 5.06. The predicted octanol–water partition coefficient (Wildman–Crippen LogP) is 5.89. The summed E-state index contributed by atoms with van der Waals surface area (Å²) in [6.07, 6.45) is 0.704. The minimum Gasteiger partial charge on any atom is -0.474 e. The van der Waals surface area contributed by atoms with Gasteiger partial charge in [-0.3, -0.25) is 0 Å². The number of rotatable bonds is 2. The highest BCUT2D eigenvalue weighted by Gasteiger charge is 2.48. The van der Waals surface area contributed by atoms with Crippen molar-refractivity contribution in [1.29, 1.82) is 0 Å². The number of hydrogen-bond acceptors (Lipinski definition) is 4. The molecule has 4 unspecified atom stereocenters. The Hall–Kier alpha value is -1.06. The van der Waals surface area contributed by atoms with Gasteiger partial charge in [0.2, 0.25) is 0 Å². The Balaban J connectivity index is 2.24. The van der Waals surface area contributed by atoms with Crippen LogP contribution in [0, 0.1) is 21.7 Å². The number of nitrogens with zero attached hydrogens (tertiary/aromatic N) is 2. The summed E-state index contributed by atoms with van der Waals surface area (Å²) < 4.78 is 12.7. The molecule has 0 amide bonds. The Kier molecular flexibility index (Phi) is 5.58. The van der Waals surface area contributed by atoms with Gasteiger partial charge in [-0.25, -0.2) is 9.98 Å². The maximum atomic E-state index is 6.36. The van der Waals surface area contributed by atoms with Crippen LogP contribution < -0.4 is 0 Å². The lowest BCUT2D eigenvalue weighted by Crippen LogP contribution is -2.42. The quantitative estimate of drug-likeness (QED) is 0.601. The lowest BCUT2D eigenvalue weighted by molar-refractivity contribution is 0.0385. The van der Waals surface area contributed by atoms with E-state index in [-0.39, 0.29) is 46.0 Å². The van der Waals surface area contributed by atoms with Crippen LogP contribution in [0.1, 0.15) is 89.5 Å². The Labute approximate surface area is 167 Å². The fraction of sp³-hybridized carbons (Fsp3) is 0.913. The SMILES string of the molecule is CC(C)(C)C1N=C(CC2=NC(C(C)(C)C)C(C(C)(C)C)O2)OC1C(C)(C)C. The van der Waals surface area contributed by atoms with Crippen molar-refractivity contribution in [2.75, 3.05) is 0 Å². The van der Waals surface area contributed by atoms with Gasteiger partial charge in [-0.1, -0.05) is 83.1 Å². The van der Waals surface area contributed by atoms with Gasteiger partial charge in [0.05, 0.1) is 18.5 Å². The van der Waals surface area contributed by atoms with Crippen molar-refractivity contribution in [3.63, 3.8) is 0 Å². The molecule has 0 radical (unpaired) electrons. The summed E-state index contributed by atoms with van der Waals surface area (Å²) in [5, 5.41) is 0. The monoisotopic (exact) mass is 378 g/mol. The fourth-order valence-corrected chi connectivity index (χ4v) is 3.83. The lowest BCUT2D eigenvalue weighted by atomic mass is 9.75. The maximum Gasteiger partial charge on any atom is 0.193 e. The summed E-state index contributed by atoms with van der Waals surface area (Å²) in [5.74, 6) is 1.55. The number of ether oxygens (including phenoxy) is 2. The summed E-state index contributed by atoms with van der Waals surface area (Å²) in [6.45, 7) is 26.8. The van der Waals surface area contributed by atoms with Gasteiger partial charge >= 0.3 is 0 Å². The van der Waals surface area contributed by atoms with E-state index >= 15 is 0 Å². The molecule has 0 spiro atoms. The highest BCUT2D eigenvalue weighted by atomic mass is 16.5. The zero-order valence-electron chi connectivity index (χ0n) is 19.7. The molecular formula is C23H42N2O2. The van der Waals surface area contributed by atoms with E-state index < -0.39 is 0 Å². The molecule has 2 rings (SSSR count). The minimum atomic E-state index is 0.0312. The molecule has 0 saturated carbocycles. The normalized spacial score (nSPS) is 29.9. The largest absolute Gasteiger partial charge is 0.474 e. The summed E-state index contributed by atoms with van der Waals surface area (Å²) in [6, 6.07) is 0.289. The third-order valence-corrected chi connectivity index (χ3v) is 5.45. The molecule has 0 saturated heterocycles. The maximum absolute atomic E-state index is 6.36. The summed E-state index contributed by atoms with van der Waals surface area (Å²) in [5.41, 5.74) is 0.173. The van der Waals surface area contributed by atoms with Crippen molar-refractivity contribution in [1.82, 2.24) is 0 Å². The molecule has 0 aromatic rings. The van der Waals surface area contributed by atoms with Crippen LogP contribution in [0.15, 0.2) is 9.98 Å². The Bertz CT molecular complexity index is 552. The van der Waals surface area contributed by atoms with E-state index in [1.54, 1.807) is 0 Å². The molecule has 0 aliphatic carbocycles. The number of aliphatic imine (C=N–C) groups is 2. The van der Waals surface area contributed by atoms with Crippen LogP contribution in [0.25, 0.3) is 0 Å². The van der Waals surface area contributed by atoms with E-state index in [0.717, 1.165) is 11.8 Å². The van der Waals surface area contributed by atoms with Crippen LogP contribution in [0.3, 0.4) is 0 Å². The van der Waals surface area contributed by atoms with Crippen molar-refractivity contribution in [2.45, 2.75) is 114 Å². The van der Waals surface area contributed by atoms with Gasteiger partial charge in [-0.05, 0) is 10.8 Å². The molecule has 27 heavy (non-hydrogen) atoms. The Morgan fingerprint density at radius 2 is 0.852 bits per heavy atom. The summed E-state index contributed by atoms with van der Waals surface area (Å²) in [4.78, 5) is 9.96. The van der Waals surface area contributed by atoms with Crippen molar-refractivity contribution >= 4 is 11.8 Å². The molecule has 2 aliphatic heterocycles. The van der Waals surface area contributed by atoms with Gasteiger partial charge in [0.1, 0.15) is 12.2 Å². The smallest absolute Gasteiger partial charge is 0.193 e. The summed E-state index contributed by atoms with van der Waals surface area (Å²) >= 11 is 0. The molecule has 0 aromatic heterocycles. The fourth-order valence-electron chi connectivity index (χ4n) is 3.83. The van der Waals surface area contributed by atoms with Gasteiger partial charge in [0.25, 0.3) is 0 Å². The first kappa shape index (κ1) is 22.2. The Morgan fingerprint density at radius 1 is 0.556 bits per heavy atom. The molecule has 156 valence electrons. The van der Waals surface area contributed by atoms with Crippen LogP contribution in [0.2, 0.25) is 0 Å². The lowest BCUT2D eigenvalue weighted by Gasteiger charge is -2.36. The van der Waals surface area contributed by atoms with Crippen LogP contribution in [-0.2, 0) is 9.47 Å². The molecule has 4 heteroatoms. The molecule has 4 atom stereocenters. The number of hydrogen-bond donors (Lipinski definition) is 0. The van der Waals surface area contributed by atoms with E-state index in [1.165, 1.54) is 0 Å². The van der Waals surface area contributed by atoms with E-state index in [0.29, 0.717) is 6.42 Å². The topological polar surface area (TPSA) is 43.2 Å². The highest BCUT2D eigenvalue weighted by molar-refractivity contribution is 5.98. The van der Waals surface area contributed by atoms with Gasteiger partial charge < -0.3 is 9.47 Å². The first-order valence-electron chi connectivity index (χ1n) is 10.4. The predicted molar refractivity (Wildman–Crippen MR) is 115 cm³/mol. The van der Waals surface area contributed by atoms with Crippen LogP contribution in [0.5, 0.6) is 0 Å². The molecule has 0 fully saturated rings. The molecule has 4 nitrogen and oxygen atoms in total. The van der Waals surface area contributed by atoms with Crippen molar-refractivity contribution in [3.8, 4) is 0 Å². The minimum absolute atomic E-state index is 0.0312. The highest BCUT2D eigenvalue weighted by Crippen LogP contribution is 2.41. The third-order valence-electron chi connectivity index (χ3n) is 5.45. The van der Waals surface area contributed by atoms with Gasteiger partial charge in [0, 0.05) is 10.8 Å². The summed E-state index contributed by atoms with van der Waals surface area (Å²) in [7, 11) is 0. The molecular weight excluding hydrogens is 336 g/mol. The molecule has 2 aliphatic rings. The zero-order valence-corrected chi connectivity index (χ0v) is 19.7. The average Bonchev–Trinajstić information content (AvgIpc) is 3.00. The van der Waals surface area contributed by atoms with Crippen LogP contribution in [-0.4, -0.2) is 36.1 Å². The first-order chi connectivity index (χ1) is 11.9. The van der Waals surface area contributed by atoms with E-state index in [9.17, 15) is 0 Å². The second-order valence-corrected chi connectivity index (χ2v) is 12.7. The van der Waals surface area contributed by atoms with Gasteiger partial charge in [-0.15, -0.1) is 0 Å². The first-order valence-corrected chi connectivity index (χ1v) is 10.4. The molecule has 0 aromatic carbocycles. The molecule has 0 bridgehead atoms. The van der Waals surface area contributed by atoms with E-state index in [1.807, 2.05) is 0 Å². The zero-order chi connectivity index (χ0) is 21.0. The molecule has 2 heterocycles. The standard InChI is InChI=1S/C23H42N2O2/c1-20(2,3)16-18(22(7,8)9)26-14(24-16)13-15-25-17(21(4,5)6)19(27-15)23(10,11)12/h16-19H,13H2,1-12H3. The van der Waals surface area contributed by atoms with E-state index in [4.69, 9.17) is 19.5 Å². The molecule has 0 N–H and O–H groups in total. The van der Waals surface area contributed by atoms with Crippen molar-refractivity contribution in [3.05, 3.63) is 0 Å². The van der Waals surface area contributed by atoms with Crippen LogP contribution >= 0.6 is 0 Å². The van der Waals surface area contributed by atoms with Crippen molar-refractivity contribution < 1.29 is 9.47 Å². The van der Waals surface area contributed by atoms with Gasteiger partial charge in [0.15, 0.2) is 11.8 Å². The van der Waals surface area contributed by atoms with Gasteiger partial charge in [-0.2, -0.15) is 0 Å². The van der Waals surface area contributed by atoms with Crippen LogP contribution in [0.4, 0.5) is 0 Å².